The number of pyridine rings is 2. The van der Waals surface area contributed by atoms with Crippen molar-refractivity contribution in [3.05, 3.63) is 89.1 Å². The Balaban J connectivity index is 1.32. The van der Waals surface area contributed by atoms with Crippen molar-refractivity contribution < 1.29 is 19.0 Å². The van der Waals surface area contributed by atoms with Gasteiger partial charge in [-0.3, -0.25) is 9.78 Å². The van der Waals surface area contributed by atoms with Crippen molar-refractivity contribution in [1.82, 2.24) is 20.3 Å². The smallest absolute Gasteiger partial charge is 0.255 e. The highest BCUT2D eigenvalue weighted by Gasteiger charge is 2.17. The van der Waals surface area contributed by atoms with Gasteiger partial charge in [0.05, 0.1) is 31.3 Å². The summed E-state index contributed by atoms with van der Waals surface area (Å²) in [4.78, 5) is 26.0. The number of thiazole rings is 1. The second-order valence-electron chi connectivity index (χ2n) is 8.25. The highest BCUT2D eigenvalue weighted by Crippen LogP contribution is 2.37. The first kappa shape index (κ1) is 25.0. The number of rotatable bonds is 9. The number of methoxy groups -OCH3 is 2. The predicted octanol–water partition coefficient (Wildman–Crippen LogP) is 6.13. The molecule has 1 atom stereocenters. The maximum atomic E-state index is 13.0. The highest BCUT2D eigenvalue weighted by molar-refractivity contribution is 7.09. The molecule has 0 saturated heterocycles. The molecule has 0 saturated carbocycles. The molecule has 3 heterocycles. The summed E-state index contributed by atoms with van der Waals surface area (Å²) in [6.45, 7) is 1.90. The van der Waals surface area contributed by atoms with E-state index >= 15 is 0 Å². The van der Waals surface area contributed by atoms with Crippen molar-refractivity contribution in [2.24, 2.45) is 0 Å². The quantitative estimate of drug-likeness (QED) is 0.236. The van der Waals surface area contributed by atoms with Gasteiger partial charge in [0, 0.05) is 41.1 Å². The molecule has 1 amide bonds. The molecule has 9 nitrogen and oxygen atoms in total. The highest BCUT2D eigenvalue weighted by atomic mass is 32.1. The first-order valence-electron chi connectivity index (χ1n) is 11.8. The van der Waals surface area contributed by atoms with Crippen LogP contribution < -0.4 is 24.8 Å². The van der Waals surface area contributed by atoms with Crippen molar-refractivity contribution in [2.45, 2.75) is 13.0 Å². The van der Waals surface area contributed by atoms with Gasteiger partial charge in [0.25, 0.3) is 5.91 Å². The van der Waals surface area contributed by atoms with Crippen LogP contribution in [0.15, 0.2) is 78.6 Å². The summed E-state index contributed by atoms with van der Waals surface area (Å²) in [5, 5.41) is 9.72. The van der Waals surface area contributed by atoms with Gasteiger partial charge in [-0.1, -0.05) is 0 Å². The number of fused-ring (bicyclic) bond motifs is 1. The standard InChI is InChI=1S/C28H25N5O4S/c1-17(28-31-13-14-38-28)32-27(34)20-5-4-11-30-26(20)33-18-6-8-19(9-7-18)37-23-10-12-29-22-16-25(36-3)24(35-2)15-21(22)23/h4-17H,1-3H3,(H,30,33)(H,32,34). The summed E-state index contributed by atoms with van der Waals surface area (Å²) in [7, 11) is 3.17. The van der Waals surface area contributed by atoms with Crippen molar-refractivity contribution in [1.29, 1.82) is 0 Å². The Kier molecular flexibility index (Phi) is 7.32. The fourth-order valence-corrected chi connectivity index (χ4v) is 4.52. The molecule has 2 N–H and O–H groups in total. The van der Waals surface area contributed by atoms with Crippen LogP contribution in [0.4, 0.5) is 11.5 Å². The van der Waals surface area contributed by atoms with Gasteiger partial charge in [-0.05, 0) is 55.5 Å². The summed E-state index contributed by atoms with van der Waals surface area (Å²) >= 11 is 1.50. The molecule has 3 aromatic heterocycles. The molecule has 0 aliphatic carbocycles. The number of aromatic nitrogens is 3. The lowest BCUT2D eigenvalue weighted by Gasteiger charge is -2.15. The second kappa shape index (κ2) is 11.1. The third-order valence-corrected chi connectivity index (χ3v) is 6.73. The van der Waals surface area contributed by atoms with Crippen LogP contribution in [0, 0.1) is 0 Å². The maximum Gasteiger partial charge on any atom is 0.255 e. The van der Waals surface area contributed by atoms with Crippen LogP contribution in [0.3, 0.4) is 0 Å². The van der Waals surface area contributed by atoms with Gasteiger partial charge in [0.2, 0.25) is 0 Å². The molecule has 5 rings (SSSR count). The molecule has 0 aliphatic heterocycles. The summed E-state index contributed by atoms with van der Waals surface area (Å²) in [5.41, 5.74) is 1.91. The largest absolute Gasteiger partial charge is 0.493 e. The van der Waals surface area contributed by atoms with Crippen molar-refractivity contribution >= 4 is 39.7 Å². The number of benzene rings is 2. The van der Waals surface area contributed by atoms with E-state index in [1.165, 1.54) is 11.3 Å². The molecule has 10 heteroatoms. The number of carbonyl (C=O) groups is 1. The Labute approximate surface area is 223 Å². The summed E-state index contributed by atoms with van der Waals surface area (Å²) in [5.74, 6) is 2.67. The Morgan fingerprint density at radius 2 is 1.68 bits per heavy atom. The molecule has 2 aromatic carbocycles. The number of hydrogen-bond acceptors (Lipinski definition) is 9. The van der Waals surface area contributed by atoms with Gasteiger partial charge in [0.1, 0.15) is 22.3 Å². The number of nitrogens with zero attached hydrogens (tertiary/aromatic N) is 3. The summed E-state index contributed by atoms with van der Waals surface area (Å²) in [6.07, 6.45) is 5.04. The topological polar surface area (TPSA) is 107 Å². The average molecular weight is 528 g/mol. The molecule has 0 aliphatic rings. The number of carbonyl (C=O) groups excluding carboxylic acids is 1. The molecule has 0 radical (unpaired) electrons. The van der Waals surface area contributed by atoms with Gasteiger partial charge in [-0.2, -0.15) is 0 Å². The van der Waals surface area contributed by atoms with Gasteiger partial charge in [-0.15, -0.1) is 11.3 Å². The number of ether oxygens (including phenoxy) is 3. The first-order valence-corrected chi connectivity index (χ1v) is 12.6. The third kappa shape index (κ3) is 5.35. The summed E-state index contributed by atoms with van der Waals surface area (Å²) in [6, 6.07) is 16.1. The van der Waals surface area contributed by atoms with Crippen LogP contribution in [-0.4, -0.2) is 35.1 Å². The summed E-state index contributed by atoms with van der Waals surface area (Å²) < 4.78 is 17.0. The zero-order valence-electron chi connectivity index (χ0n) is 21.0. The minimum absolute atomic E-state index is 0.211. The lowest BCUT2D eigenvalue weighted by atomic mass is 10.2. The average Bonchev–Trinajstić information content (AvgIpc) is 3.49. The van der Waals surface area contributed by atoms with Gasteiger partial charge < -0.3 is 24.8 Å². The van der Waals surface area contributed by atoms with E-state index in [-0.39, 0.29) is 11.9 Å². The lowest BCUT2D eigenvalue weighted by Crippen LogP contribution is -2.27. The fraction of sp³-hybridized carbons (Fsp3) is 0.143. The Morgan fingerprint density at radius 3 is 2.42 bits per heavy atom. The SMILES string of the molecule is COc1cc2nccc(Oc3ccc(Nc4ncccc4C(=O)NC(C)c4nccs4)cc3)c2cc1OC. The van der Waals surface area contributed by atoms with Crippen molar-refractivity contribution in [2.75, 3.05) is 19.5 Å². The van der Waals surface area contributed by atoms with E-state index in [4.69, 9.17) is 14.2 Å². The zero-order valence-corrected chi connectivity index (χ0v) is 21.8. The third-order valence-electron chi connectivity index (χ3n) is 5.77. The molecule has 0 spiro atoms. The van der Waals surface area contributed by atoms with Crippen LogP contribution >= 0.6 is 11.3 Å². The van der Waals surface area contributed by atoms with Crippen LogP contribution in [0.1, 0.15) is 28.3 Å². The van der Waals surface area contributed by atoms with E-state index in [0.717, 1.165) is 21.6 Å². The number of amides is 1. The van der Waals surface area contributed by atoms with E-state index < -0.39 is 0 Å². The van der Waals surface area contributed by atoms with E-state index in [0.29, 0.717) is 34.4 Å². The van der Waals surface area contributed by atoms with Crippen molar-refractivity contribution in [3.63, 3.8) is 0 Å². The Bertz CT molecular complexity index is 1560. The first-order chi connectivity index (χ1) is 18.6. The molecule has 38 heavy (non-hydrogen) atoms. The Hall–Kier alpha value is -4.70. The molecule has 5 aromatic rings. The minimum Gasteiger partial charge on any atom is -0.493 e. The minimum atomic E-state index is -0.236. The van der Waals surface area contributed by atoms with Crippen LogP contribution in [0.25, 0.3) is 10.9 Å². The predicted molar refractivity (Wildman–Crippen MR) is 147 cm³/mol. The molecule has 192 valence electrons. The lowest BCUT2D eigenvalue weighted by molar-refractivity contribution is 0.0940. The second-order valence-corrected chi connectivity index (χ2v) is 9.18. The molecule has 1 unspecified atom stereocenters. The number of hydrogen-bond donors (Lipinski definition) is 2. The molecular weight excluding hydrogens is 502 g/mol. The fourth-order valence-electron chi connectivity index (χ4n) is 3.88. The molecule has 0 bridgehead atoms. The zero-order chi connectivity index (χ0) is 26.5. The molecular formula is C28H25N5O4S. The maximum absolute atomic E-state index is 13.0. The number of nitrogens with one attached hydrogen (secondary N) is 2. The van der Waals surface area contributed by atoms with Crippen molar-refractivity contribution in [3.8, 4) is 23.0 Å². The van der Waals surface area contributed by atoms with E-state index in [1.807, 2.05) is 48.7 Å². The van der Waals surface area contributed by atoms with E-state index in [1.54, 1.807) is 51.0 Å². The van der Waals surface area contributed by atoms with Gasteiger partial charge in [-0.25, -0.2) is 9.97 Å². The monoisotopic (exact) mass is 527 g/mol. The molecule has 0 fully saturated rings. The van der Waals surface area contributed by atoms with Crippen LogP contribution in [0.2, 0.25) is 0 Å². The Morgan fingerprint density at radius 1 is 0.895 bits per heavy atom. The normalized spacial score (nSPS) is 11.6. The van der Waals surface area contributed by atoms with E-state index in [9.17, 15) is 4.79 Å². The van der Waals surface area contributed by atoms with E-state index in [2.05, 4.69) is 25.6 Å². The van der Waals surface area contributed by atoms with Gasteiger partial charge >= 0.3 is 0 Å². The van der Waals surface area contributed by atoms with Crippen LogP contribution in [0.5, 0.6) is 23.0 Å². The van der Waals surface area contributed by atoms with Crippen LogP contribution in [-0.2, 0) is 0 Å². The number of anilines is 2. The van der Waals surface area contributed by atoms with Gasteiger partial charge in [0.15, 0.2) is 11.5 Å².